The van der Waals surface area contributed by atoms with Crippen molar-refractivity contribution in [3.63, 3.8) is 0 Å². The lowest BCUT2D eigenvalue weighted by atomic mass is 10.2. The third-order valence-corrected chi connectivity index (χ3v) is 2.91. The Morgan fingerprint density at radius 3 is 2.72 bits per heavy atom. The number of nitrogens with one attached hydrogen (secondary N) is 1. The Kier molecular flexibility index (Phi) is 3.58. The van der Waals surface area contributed by atoms with Crippen LogP contribution >= 0.6 is 15.9 Å². The van der Waals surface area contributed by atoms with Crippen LogP contribution in [0, 0.1) is 25.2 Å². The zero-order valence-electron chi connectivity index (χ0n) is 10.0. The van der Waals surface area contributed by atoms with Crippen molar-refractivity contribution in [1.82, 2.24) is 9.97 Å². The van der Waals surface area contributed by atoms with Crippen molar-refractivity contribution in [2.75, 3.05) is 5.32 Å². The van der Waals surface area contributed by atoms with Crippen LogP contribution in [0.3, 0.4) is 0 Å². The van der Waals surface area contributed by atoms with Crippen molar-refractivity contribution in [3.05, 3.63) is 45.8 Å². The molecule has 1 heterocycles. The van der Waals surface area contributed by atoms with Crippen LogP contribution in [-0.2, 0) is 0 Å². The zero-order chi connectivity index (χ0) is 13.1. The average Bonchev–Trinajstić information content (AvgIpc) is 2.33. The fourth-order valence-corrected chi connectivity index (χ4v) is 1.92. The van der Waals surface area contributed by atoms with Gasteiger partial charge >= 0.3 is 0 Å². The Hall–Kier alpha value is -1.93. The molecule has 0 saturated heterocycles. The quantitative estimate of drug-likeness (QED) is 0.922. The molecule has 0 saturated carbocycles. The normalized spacial score (nSPS) is 9.89. The van der Waals surface area contributed by atoms with Gasteiger partial charge in [-0.25, -0.2) is 9.97 Å². The van der Waals surface area contributed by atoms with Gasteiger partial charge in [-0.1, -0.05) is 22.0 Å². The molecule has 0 spiro atoms. The molecule has 1 aromatic heterocycles. The van der Waals surface area contributed by atoms with Gasteiger partial charge in [-0.2, -0.15) is 5.26 Å². The Morgan fingerprint density at radius 1 is 1.22 bits per heavy atom. The minimum absolute atomic E-state index is 0.359. The summed E-state index contributed by atoms with van der Waals surface area (Å²) in [6.45, 7) is 3.77. The molecule has 0 aliphatic heterocycles. The number of aromatic nitrogens is 2. The summed E-state index contributed by atoms with van der Waals surface area (Å²) in [5.74, 6) is 1.20. The zero-order valence-corrected chi connectivity index (χ0v) is 11.6. The largest absolute Gasteiger partial charge is 0.340 e. The molecule has 2 rings (SSSR count). The van der Waals surface area contributed by atoms with E-state index in [4.69, 9.17) is 5.26 Å². The van der Waals surface area contributed by atoms with E-state index in [0.29, 0.717) is 17.3 Å². The average molecular weight is 303 g/mol. The van der Waals surface area contributed by atoms with Gasteiger partial charge in [0.2, 0.25) is 0 Å². The molecule has 0 bridgehead atoms. The lowest BCUT2D eigenvalue weighted by Crippen LogP contribution is -2.00. The fraction of sp³-hybridized carbons (Fsp3) is 0.154. The van der Waals surface area contributed by atoms with Gasteiger partial charge in [0.25, 0.3) is 0 Å². The highest BCUT2D eigenvalue weighted by Gasteiger charge is 2.04. The van der Waals surface area contributed by atoms with Gasteiger partial charge in [0.1, 0.15) is 23.4 Å². The van der Waals surface area contributed by atoms with Crippen LogP contribution in [0.15, 0.2) is 28.7 Å². The molecular weight excluding hydrogens is 292 g/mol. The summed E-state index contributed by atoms with van der Waals surface area (Å²) in [7, 11) is 0. The first kappa shape index (κ1) is 12.5. The maximum absolute atomic E-state index is 8.88. The van der Waals surface area contributed by atoms with Crippen molar-refractivity contribution in [1.29, 1.82) is 5.26 Å². The molecule has 4 nitrogen and oxygen atoms in total. The molecule has 90 valence electrons. The lowest BCUT2D eigenvalue weighted by Gasteiger charge is -2.09. The molecule has 0 aliphatic carbocycles. The van der Waals surface area contributed by atoms with E-state index in [1.807, 2.05) is 31.2 Å². The van der Waals surface area contributed by atoms with Crippen molar-refractivity contribution in [2.24, 2.45) is 0 Å². The maximum atomic E-state index is 8.88. The lowest BCUT2D eigenvalue weighted by molar-refractivity contribution is 1.04. The first-order valence-corrected chi connectivity index (χ1v) is 6.17. The number of nitriles is 1. The highest BCUT2D eigenvalue weighted by Crippen LogP contribution is 2.23. The van der Waals surface area contributed by atoms with Crippen LogP contribution < -0.4 is 5.32 Å². The van der Waals surface area contributed by atoms with Crippen LogP contribution in [-0.4, -0.2) is 9.97 Å². The number of halogens is 1. The fourth-order valence-electron chi connectivity index (χ4n) is 1.56. The summed E-state index contributed by atoms with van der Waals surface area (Å²) in [5, 5.41) is 12.1. The van der Waals surface area contributed by atoms with E-state index >= 15 is 0 Å². The summed E-state index contributed by atoms with van der Waals surface area (Å²) >= 11 is 3.43. The van der Waals surface area contributed by atoms with Crippen molar-refractivity contribution < 1.29 is 0 Å². The first-order chi connectivity index (χ1) is 8.58. The SMILES string of the molecule is Cc1nc(C#N)cc(Nc2cc(Br)ccc2C)n1. The van der Waals surface area contributed by atoms with Crippen LogP contribution in [0.4, 0.5) is 11.5 Å². The van der Waals surface area contributed by atoms with Gasteiger partial charge in [-0.3, -0.25) is 0 Å². The first-order valence-electron chi connectivity index (χ1n) is 5.37. The minimum Gasteiger partial charge on any atom is -0.340 e. The molecule has 0 aliphatic rings. The van der Waals surface area contributed by atoms with Gasteiger partial charge in [-0.05, 0) is 31.5 Å². The Bertz CT molecular complexity index is 631. The van der Waals surface area contributed by atoms with Gasteiger partial charge in [0.05, 0.1) is 0 Å². The molecule has 0 fully saturated rings. The number of benzene rings is 1. The van der Waals surface area contributed by atoms with E-state index in [2.05, 4.69) is 31.2 Å². The highest BCUT2D eigenvalue weighted by molar-refractivity contribution is 9.10. The maximum Gasteiger partial charge on any atom is 0.146 e. The number of hydrogen-bond donors (Lipinski definition) is 1. The number of hydrogen-bond acceptors (Lipinski definition) is 4. The van der Waals surface area contributed by atoms with Gasteiger partial charge < -0.3 is 5.32 Å². The van der Waals surface area contributed by atoms with E-state index in [-0.39, 0.29) is 0 Å². The van der Waals surface area contributed by atoms with Crippen LogP contribution in [0.1, 0.15) is 17.1 Å². The Morgan fingerprint density at radius 2 is 2.00 bits per heavy atom. The second-order valence-corrected chi connectivity index (χ2v) is 4.80. The van der Waals surface area contributed by atoms with Crippen LogP contribution in [0.25, 0.3) is 0 Å². The molecule has 18 heavy (non-hydrogen) atoms. The highest BCUT2D eigenvalue weighted by atomic mass is 79.9. The third kappa shape index (κ3) is 2.84. The van der Waals surface area contributed by atoms with Crippen molar-refractivity contribution in [3.8, 4) is 6.07 Å². The summed E-state index contributed by atoms with van der Waals surface area (Å²) < 4.78 is 0.988. The predicted molar refractivity (Wildman–Crippen MR) is 73.6 cm³/mol. The van der Waals surface area contributed by atoms with E-state index in [0.717, 1.165) is 15.7 Å². The van der Waals surface area contributed by atoms with Crippen LogP contribution in [0.5, 0.6) is 0 Å². The number of nitrogens with zero attached hydrogens (tertiary/aromatic N) is 3. The number of aryl methyl sites for hydroxylation is 2. The van der Waals surface area contributed by atoms with E-state index in [9.17, 15) is 0 Å². The number of anilines is 2. The topological polar surface area (TPSA) is 61.6 Å². The Balaban J connectivity index is 2.37. The van der Waals surface area contributed by atoms with Crippen LogP contribution in [0.2, 0.25) is 0 Å². The van der Waals surface area contributed by atoms with E-state index in [1.165, 1.54) is 0 Å². The second-order valence-electron chi connectivity index (χ2n) is 3.88. The smallest absolute Gasteiger partial charge is 0.146 e. The third-order valence-electron chi connectivity index (χ3n) is 2.41. The number of rotatable bonds is 2. The molecule has 1 aromatic carbocycles. The minimum atomic E-state index is 0.359. The predicted octanol–water partition coefficient (Wildman–Crippen LogP) is 3.47. The molecule has 0 radical (unpaired) electrons. The molecular formula is C13H11BrN4. The van der Waals surface area contributed by atoms with E-state index in [1.54, 1.807) is 13.0 Å². The molecule has 0 atom stereocenters. The van der Waals surface area contributed by atoms with Gasteiger partial charge in [0, 0.05) is 16.2 Å². The molecule has 5 heteroatoms. The molecule has 0 unspecified atom stereocenters. The van der Waals surface area contributed by atoms with Gasteiger partial charge in [0.15, 0.2) is 0 Å². The molecule has 2 aromatic rings. The van der Waals surface area contributed by atoms with Gasteiger partial charge in [-0.15, -0.1) is 0 Å². The summed E-state index contributed by atoms with van der Waals surface area (Å²) in [6.07, 6.45) is 0. The van der Waals surface area contributed by atoms with E-state index < -0.39 is 0 Å². The monoisotopic (exact) mass is 302 g/mol. The molecule has 0 amide bonds. The van der Waals surface area contributed by atoms with Crippen molar-refractivity contribution in [2.45, 2.75) is 13.8 Å². The summed E-state index contributed by atoms with van der Waals surface area (Å²) in [5.41, 5.74) is 2.41. The molecule has 1 N–H and O–H groups in total. The standard InChI is InChI=1S/C13H11BrN4/c1-8-3-4-10(14)5-12(8)18-13-6-11(7-15)16-9(2)17-13/h3-6H,1-2H3,(H,16,17,18). The summed E-state index contributed by atoms with van der Waals surface area (Å²) in [4.78, 5) is 8.27. The Labute approximate surface area is 114 Å². The second kappa shape index (κ2) is 5.15. The summed E-state index contributed by atoms with van der Waals surface area (Å²) in [6, 6.07) is 9.61. The van der Waals surface area contributed by atoms with Crippen molar-refractivity contribution >= 4 is 27.4 Å².